The highest BCUT2D eigenvalue weighted by Gasteiger charge is 2.39. The third-order valence-corrected chi connectivity index (χ3v) is 4.67. The fourth-order valence-electron chi connectivity index (χ4n) is 3.40. The minimum atomic E-state index is -0.415. The number of piperazine rings is 1. The molecule has 2 aliphatic heterocycles. The SMILES string of the molecule is CCN1CCN([C@H]2CCN(C(=O)OC(C)(C)C)[C@H]2C)CC1. The summed E-state index contributed by atoms with van der Waals surface area (Å²) in [6, 6.07) is 0.726. The van der Waals surface area contributed by atoms with Gasteiger partial charge in [0.05, 0.1) is 0 Å². The van der Waals surface area contributed by atoms with Gasteiger partial charge in [0.15, 0.2) is 0 Å². The lowest BCUT2D eigenvalue weighted by molar-refractivity contribution is 0.0180. The molecule has 0 bridgehead atoms. The molecule has 2 saturated heterocycles. The van der Waals surface area contributed by atoms with Crippen molar-refractivity contribution < 1.29 is 9.53 Å². The van der Waals surface area contributed by atoms with E-state index in [-0.39, 0.29) is 12.1 Å². The number of likely N-dealkylation sites (tertiary alicyclic amines) is 1. The van der Waals surface area contributed by atoms with Crippen LogP contribution in [-0.2, 0) is 4.74 Å². The molecule has 2 rings (SSSR count). The van der Waals surface area contributed by atoms with E-state index in [0.29, 0.717) is 6.04 Å². The fraction of sp³-hybridized carbons (Fsp3) is 0.938. The summed E-state index contributed by atoms with van der Waals surface area (Å²) in [5, 5.41) is 0. The van der Waals surface area contributed by atoms with Gasteiger partial charge in [-0.25, -0.2) is 4.79 Å². The van der Waals surface area contributed by atoms with E-state index in [0.717, 1.165) is 45.7 Å². The Morgan fingerprint density at radius 1 is 1.14 bits per heavy atom. The molecule has 0 N–H and O–H groups in total. The maximum Gasteiger partial charge on any atom is 0.410 e. The van der Waals surface area contributed by atoms with E-state index in [9.17, 15) is 4.79 Å². The number of ether oxygens (including phenoxy) is 1. The summed E-state index contributed by atoms with van der Waals surface area (Å²) < 4.78 is 5.52. The Kier molecular flexibility index (Phi) is 5.15. The van der Waals surface area contributed by atoms with Gasteiger partial charge >= 0.3 is 6.09 Å². The number of carbonyl (C=O) groups excluding carboxylic acids is 1. The van der Waals surface area contributed by atoms with Crippen molar-refractivity contribution in [3.05, 3.63) is 0 Å². The lowest BCUT2D eigenvalue weighted by atomic mass is 10.1. The summed E-state index contributed by atoms with van der Waals surface area (Å²) in [4.78, 5) is 19.2. The summed E-state index contributed by atoms with van der Waals surface area (Å²) in [7, 11) is 0. The highest BCUT2D eigenvalue weighted by Crippen LogP contribution is 2.25. The van der Waals surface area contributed by atoms with E-state index in [1.54, 1.807) is 0 Å². The van der Waals surface area contributed by atoms with Crippen LogP contribution in [0.25, 0.3) is 0 Å². The number of nitrogens with zero attached hydrogens (tertiary/aromatic N) is 3. The summed E-state index contributed by atoms with van der Waals surface area (Å²) in [6.45, 7) is 16.6. The van der Waals surface area contributed by atoms with Crippen LogP contribution in [0.4, 0.5) is 4.79 Å². The highest BCUT2D eigenvalue weighted by molar-refractivity contribution is 5.69. The largest absolute Gasteiger partial charge is 0.444 e. The van der Waals surface area contributed by atoms with E-state index in [4.69, 9.17) is 4.74 Å². The molecule has 0 aliphatic carbocycles. The molecule has 2 aliphatic rings. The summed E-state index contributed by atoms with van der Waals surface area (Å²) in [5.41, 5.74) is -0.415. The van der Waals surface area contributed by atoms with E-state index in [2.05, 4.69) is 23.6 Å². The van der Waals surface area contributed by atoms with Crippen molar-refractivity contribution in [2.75, 3.05) is 39.3 Å². The van der Waals surface area contributed by atoms with Crippen LogP contribution in [0, 0.1) is 0 Å². The van der Waals surface area contributed by atoms with E-state index < -0.39 is 5.60 Å². The lowest BCUT2D eigenvalue weighted by Gasteiger charge is -2.39. The van der Waals surface area contributed by atoms with Gasteiger partial charge in [-0.05, 0) is 40.7 Å². The summed E-state index contributed by atoms with van der Waals surface area (Å²) in [5.74, 6) is 0. The molecule has 1 amide bonds. The minimum Gasteiger partial charge on any atom is -0.444 e. The Morgan fingerprint density at radius 3 is 2.29 bits per heavy atom. The predicted octanol–water partition coefficient (Wildman–Crippen LogP) is 2.02. The van der Waals surface area contributed by atoms with Gasteiger partial charge in [0.2, 0.25) is 0 Å². The predicted molar refractivity (Wildman–Crippen MR) is 84.5 cm³/mol. The molecule has 2 heterocycles. The Hall–Kier alpha value is -0.810. The van der Waals surface area contributed by atoms with Gasteiger partial charge in [-0.15, -0.1) is 0 Å². The molecule has 122 valence electrons. The van der Waals surface area contributed by atoms with Gasteiger partial charge in [0.25, 0.3) is 0 Å². The zero-order valence-corrected chi connectivity index (χ0v) is 14.3. The number of rotatable bonds is 2. The molecule has 5 heteroatoms. The average Bonchev–Trinajstić information content (AvgIpc) is 2.79. The molecule has 0 unspecified atom stereocenters. The monoisotopic (exact) mass is 297 g/mol. The van der Waals surface area contributed by atoms with Gasteiger partial charge in [0.1, 0.15) is 5.60 Å². The number of amides is 1. The molecule has 0 radical (unpaired) electrons. The first-order chi connectivity index (χ1) is 9.81. The van der Waals surface area contributed by atoms with Crippen LogP contribution < -0.4 is 0 Å². The topological polar surface area (TPSA) is 36.0 Å². The van der Waals surface area contributed by atoms with Crippen molar-refractivity contribution in [1.82, 2.24) is 14.7 Å². The first-order valence-corrected chi connectivity index (χ1v) is 8.28. The molecule has 0 aromatic rings. The van der Waals surface area contributed by atoms with Crippen LogP contribution in [0.1, 0.15) is 41.0 Å². The zero-order valence-electron chi connectivity index (χ0n) is 14.3. The van der Waals surface area contributed by atoms with Crippen LogP contribution in [0.2, 0.25) is 0 Å². The van der Waals surface area contributed by atoms with Gasteiger partial charge < -0.3 is 14.5 Å². The molecular weight excluding hydrogens is 266 g/mol. The first kappa shape index (κ1) is 16.6. The molecule has 5 nitrogen and oxygen atoms in total. The third-order valence-electron chi connectivity index (χ3n) is 4.67. The molecule has 21 heavy (non-hydrogen) atoms. The van der Waals surface area contributed by atoms with Crippen LogP contribution in [0.3, 0.4) is 0 Å². The van der Waals surface area contributed by atoms with Crippen molar-refractivity contribution in [2.24, 2.45) is 0 Å². The lowest BCUT2D eigenvalue weighted by Crippen LogP contribution is -2.53. The van der Waals surface area contributed by atoms with Crippen LogP contribution in [-0.4, -0.2) is 77.7 Å². The smallest absolute Gasteiger partial charge is 0.410 e. The van der Waals surface area contributed by atoms with Gasteiger partial charge in [-0.2, -0.15) is 0 Å². The molecule has 0 saturated carbocycles. The maximum atomic E-state index is 12.3. The number of carbonyl (C=O) groups is 1. The van der Waals surface area contributed by atoms with E-state index >= 15 is 0 Å². The van der Waals surface area contributed by atoms with E-state index in [1.807, 2.05) is 25.7 Å². The average molecular weight is 297 g/mol. The van der Waals surface area contributed by atoms with Crippen LogP contribution in [0.5, 0.6) is 0 Å². The maximum absolute atomic E-state index is 12.3. The van der Waals surface area contributed by atoms with Crippen molar-refractivity contribution in [1.29, 1.82) is 0 Å². The molecular formula is C16H31N3O2. The summed E-state index contributed by atoms with van der Waals surface area (Å²) in [6.07, 6.45) is 0.900. The Morgan fingerprint density at radius 2 is 1.76 bits per heavy atom. The van der Waals surface area contributed by atoms with Crippen molar-refractivity contribution in [3.8, 4) is 0 Å². The Bertz CT molecular complexity index is 359. The third kappa shape index (κ3) is 4.10. The molecule has 0 aromatic carbocycles. The minimum absolute atomic E-state index is 0.162. The zero-order chi connectivity index (χ0) is 15.6. The van der Waals surface area contributed by atoms with Crippen molar-refractivity contribution >= 4 is 6.09 Å². The Balaban J connectivity index is 1.89. The Labute approximate surface area is 129 Å². The molecule has 2 fully saturated rings. The molecule has 2 atom stereocenters. The van der Waals surface area contributed by atoms with Gasteiger partial charge in [-0.3, -0.25) is 4.90 Å². The van der Waals surface area contributed by atoms with E-state index in [1.165, 1.54) is 0 Å². The molecule has 0 aromatic heterocycles. The summed E-state index contributed by atoms with van der Waals surface area (Å²) >= 11 is 0. The second kappa shape index (κ2) is 6.53. The highest BCUT2D eigenvalue weighted by atomic mass is 16.6. The normalized spacial score (nSPS) is 28.9. The number of hydrogen-bond donors (Lipinski definition) is 0. The standard InChI is InChI=1S/C16H31N3O2/c1-6-17-9-11-18(12-10-17)14-7-8-19(13(14)2)15(20)21-16(3,4)5/h13-14H,6-12H2,1-5H3/t13-,14-/m0/s1. The fourth-order valence-corrected chi connectivity index (χ4v) is 3.40. The number of likely N-dealkylation sites (N-methyl/N-ethyl adjacent to an activating group) is 1. The van der Waals surface area contributed by atoms with Gasteiger partial charge in [0, 0.05) is 44.8 Å². The van der Waals surface area contributed by atoms with Crippen molar-refractivity contribution in [2.45, 2.75) is 58.7 Å². The quantitative estimate of drug-likeness (QED) is 0.781. The van der Waals surface area contributed by atoms with Crippen LogP contribution >= 0.6 is 0 Å². The van der Waals surface area contributed by atoms with Crippen LogP contribution in [0.15, 0.2) is 0 Å². The van der Waals surface area contributed by atoms with Crippen molar-refractivity contribution in [3.63, 3.8) is 0 Å². The number of hydrogen-bond acceptors (Lipinski definition) is 4. The van der Waals surface area contributed by atoms with Gasteiger partial charge in [-0.1, -0.05) is 6.92 Å². The second-order valence-electron chi connectivity index (χ2n) is 7.24. The molecule has 0 spiro atoms. The second-order valence-corrected chi connectivity index (χ2v) is 7.24. The first-order valence-electron chi connectivity index (χ1n) is 8.28.